The molecule has 1 N–H and O–H groups in total. The number of carbonyl (C=O) groups is 1. The summed E-state index contributed by atoms with van der Waals surface area (Å²) in [5.74, 6) is -0.144. The van der Waals surface area contributed by atoms with E-state index in [0.29, 0.717) is 10.6 Å². The van der Waals surface area contributed by atoms with Crippen molar-refractivity contribution >= 4 is 34.1 Å². The summed E-state index contributed by atoms with van der Waals surface area (Å²) in [4.78, 5) is 19.4. The average Bonchev–Trinajstić information content (AvgIpc) is 2.74. The van der Waals surface area contributed by atoms with Gasteiger partial charge in [-0.05, 0) is 73.8 Å². The molecular formula is C25H22ClN3O. The maximum Gasteiger partial charge on any atom is 0.255 e. The number of anilines is 1. The summed E-state index contributed by atoms with van der Waals surface area (Å²) in [5.41, 5.74) is 5.38. The number of nitrogens with zero attached hydrogens (tertiary/aromatic N) is 2. The van der Waals surface area contributed by atoms with Gasteiger partial charge in [0.2, 0.25) is 0 Å². The Morgan fingerprint density at radius 2 is 1.57 bits per heavy atom. The summed E-state index contributed by atoms with van der Waals surface area (Å²) in [6.45, 7) is 0.792. The van der Waals surface area contributed by atoms with Gasteiger partial charge in [0.25, 0.3) is 5.91 Å². The van der Waals surface area contributed by atoms with Crippen molar-refractivity contribution in [3.05, 3.63) is 95.1 Å². The quantitative estimate of drug-likeness (QED) is 0.443. The lowest BCUT2D eigenvalue weighted by Crippen LogP contribution is -2.12. The number of pyridine rings is 1. The number of benzene rings is 3. The molecule has 0 radical (unpaired) electrons. The molecule has 1 amide bonds. The molecule has 0 saturated heterocycles. The van der Waals surface area contributed by atoms with E-state index in [9.17, 15) is 4.79 Å². The van der Waals surface area contributed by atoms with Crippen LogP contribution >= 0.6 is 11.6 Å². The minimum absolute atomic E-state index is 0.144. The van der Waals surface area contributed by atoms with Crippen LogP contribution in [0, 0.1) is 0 Å². The third-order valence-electron chi connectivity index (χ3n) is 4.81. The summed E-state index contributed by atoms with van der Waals surface area (Å²) in [6.07, 6.45) is 0. The Kier molecular flexibility index (Phi) is 5.79. The smallest absolute Gasteiger partial charge is 0.255 e. The molecule has 0 saturated carbocycles. The molecule has 0 atom stereocenters. The van der Waals surface area contributed by atoms with E-state index < -0.39 is 0 Å². The van der Waals surface area contributed by atoms with Crippen molar-refractivity contribution in [2.75, 3.05) is 19.4 Å². The zero-order valence-corrected chi connectivity index (χ0v) is 17.6. The van der Waals surface area contributed by atoms with Crippen LogP contribution in [0.3, 0.4) is 0 Å². The van der Waals surface area contributed by atoms with Gasteiger partial charge in [-0.15, -0.1) is 0 Å². The van der Waals surface area contributed by atoms with Gasteiger partial charge in [-0.25, -0.2) is 0 Å². The summed E-state index contributed by atoms with van der Waals surface area (Å²) >= 11 is 5.95. The molecule has 4 aromatic rings. The fraction of sp³-hybridized carbons (Fsp3) is 0.120. The van der Waals surface area contributed by atoms with Crippen LogP contribution in [0.4, 0.5) is 5.69 Å². The number of carbonyl (C=O) groups excluding carboxylic acids is 1. The predicted octanol–water partition coefficient (Wildman–Crippen LogP) is 5.87. The van der Waals surface area contributed by atoms with E-state index >= 15 is 0 Å². The molecular weight excluding hydrogens is 394 g/mol. The molecule has 4 rings (SSSR count). The predicted molar refractivity (Wildman–Crippen MR) is 124 cm³/mol. The molecule has 1 aromatic heterocycles. The second-order valence-corrected chi connectivity index (χ2v) is 7.92. The number of halogens is 1. The van der Waals surface area contributed by atoms with Crippen molar-refractivity contribution in [3.8, 4) is 11.1 Å². The number of nitrogens with one attached hydrogen (secondary N) is 1. The zero-order chi connectivity index (χ0) is 21.1. The number of rotatable bonds is 5. The Bertz CT molecular complexity index is 1190. The van der Waals surface area contributed by atoms with Gasteiger partial charge in [0, 0.05) is 28.2 Å². The van der Waals surface area contributed by atoms with E-state index in [1.807, 2.05) is 93.0 Å². The van der Waals surface area contributed by atoms with Gasteiger partial charge in [-0.2, -0.15) is 0 Å². The lowest BCUT2D eigenvalue weighted by atomic mass is 10.0. The van der Waals surface area contributed by atoms with E-state index in [1.54, 1.807) is 0 Å². The van der Waals surface area contributed by atoms with E-state index in [-0.39, 0.29) is 5.91 Å². The first-order valence-electron chi connectivity index (χ1n) is 9.70. The first-order valence-corrected chi connectivity index (χ1v) is 10.1. The number of amides is 1. The minimum Gasteiger partial charge on any atom is -0.322 e. The van der Waals surface area contributed by atoms with Crippen LogP contribution in [0.5, 0.6) is 0 Å². The molecule has 0 spiro atoms. The van der Waals surface area contributed by atoms with Crippen molar-refractivity contribution in [2.45, 2.75) is 6.54 Å². The van der Waals surface area contributed by atoms with Gasteiger partial charge in [0.05, 0.1) is 11.2 Å². The number of hydrogen-bond acceptors (Lipinski definition) is 3. The largest absolute Gasteiger partial charge is 0.322 e. The lowest BCUT2D eigenvalue weighted by Gasteiger charge is -2.10. The highest BCUT2D eigenvalue weighted by atomic mass is 35.5. The van der Waals surface area contributed by atoms with Crippen LogP contribution in [-0.4, -0.2) is 29.9 Å². The highest BCUT2D eigenvalue weighted by Gasteiger charge is 2.08. The Balaban J connectivity index is 1.49. The molecule has 150 valence electrons. The van der Waals surface area contributed by atoms with Gasteiger partial charge in [-0.1, -0.05) is 41.9 Å². The third kappa shape index (κ3) is 4.67. The molecule has 0 unspecified atom stereocenters. The summed E-state index contributed by atoms with van der Waals surface area (Å²) in [7, 11) is 4.04. The highest BCUT2D eigenvalue weighted by molar-refractivity contribution is 6.30. The molecule has 1 heterocycles. The van der Waals surface area contributed by atoms with Crippen LogP contribution in [0.2, 0.25) is 5.02 Å². The number of fused-ring (bicyclic) bond motifs is 1. The first-order chi connectivity index (χ1) is 14.5. The standard InChI is InChI=1S/C25H22ClN3O/c1-29(2)16-23-12-9-20-15-22(13-14-24(20)27-23)28-25(30)19-5-3-17(4-6-19)18-7-10-21(26)11-8-18/h3-15H,16H2,1-2H3,(H,28,30). The molecule has 4 nitrogen and oxygen atoms in total. The van der Waals surface area contributed by atoms with E-state index in [2.05, 4.69) is 15.2 Å². The van der Waals surface area contributed by atoms with E-state index in [4.69, 9.17) is 11.6 Å². The van der Waals surface area contributed by atoms with Gasteiger partial charge >= 0.3 is 0 Å². The van der Waals surface area contributed by atoms with Crippen molar-refractivity contribution in [3.63, 3.8) is 0 Å². The lowest BCUT2D eigenvalue weighted by molar-refractivity contribution is 0.102. The van der Waals surface area contributed by atoms with Gasteiger partial charge in [0.1, 0.15) is 0 Å². The monoisotopic (exact) mass is 415 g/mol. The number of aromatic nitrogens is 1. The zero-order valence-electron chi connectivity index (χ0n) is 16.9. The molecule has 30 heavy (non-hydrogen) atoms. The normalized spacial score (nSPS) is 11.1. The average molecular weight is 416 g/mol. The van der Waals surface area contributed by atoms with E-state index in [1.165, 1.54) is 0 Å². The first kappa shape index (κ1) is 20.1. The highest BCUT2D eigenvalue weighted by Crippen LogP contribution is 2.23. The van der Waals surface area contributed by atoms with Gasteiger partial charge in [0.15, 0.2) is 0 Å². The Labute approximate surface area is 181 Å². The van der Waals surface area contributed by atoms with Crippen molar-refractivity contribution in [1.29, 1.82) is 0 Å². The van der Waals surface area contributed by atoms with E-state index in [0.717, 1.165) is 40.0 Å². The molecule has 5 heteroatoms. The number of hydrogen-bond donors (Lipinski definition) is 1. The van der Waals surface area contributed by atoms with Crippen LogP contribution in [-0.2, 0) is 6.54 Å². The SMILES string of the molecule is CN(C)Cc1ccc2cc(NC(=O)c3ccc(-c4ccc(Cl)cc4)cc3)ccc2n1. The van der Waals surface area contributed by atoms with Gasteiger partial charge < -0.3 is 10.2 Å². The maximum absolute atomic E-state index is 12.7. The van der Waals surface area contributed by atoms with Crippen LogP contribution in [0.1, 0.15) is 16.1 Å². The molecule has 0 aliphatic carbocycles. The Hall–Kier alpha value is -3.21. The Morgan fingerprint density at radius 1 is 0.900 bits per heavy atom. The maximum atomic E-state index is 12.7. The summed E-state index contributed by atoms with van der Waals surface area (Å²) in [5, 5.41) is 4.67. The molecule has 0 aliphatic heterocycles. The van der Waals surface area contributed by atoms with Crippen molar-refractivity contribution in [1.82, 2.24) is 9.88 Å². The third-order valence-corrected chi connectivity index (χ3v) is 5.06. The summed E-state index contributed by atoms with van der Waals surface area (Å²) in [6, 6.07) is 25.0. The second kappa shape index (κ2) is 8.66. The fourth-order valence-corrected chi connectivity index (χ4v) is 3.44. The molecule has 0 aliphatic rings. The summed E-state index contributed by atoms with van der Waals surface area (Å²) < 4.78 is 0. The second-order valence-electron chi connectivity index (χ2n) is 7.49. The molecule has 3 aromatic carbocycles. The fourth-order valence-electron chi connectivity index (χ4n) is 3.32. The van der Waals surface area contributed by atoms with Crippen molar-refractivity contribution in [2.24, 2.45) is 0 Å². The topological polar surface area (TPSA) is 45.2 Å². The van der Waals surface area contributed by atoms with Gasteiger partial charge in [-0.3, -0.25) is 9.78 Å². The Morgan fingerprint density at radius 3 is 2.23 bits per heavy atom. The van der Waals surface area contributed by atoms with Crippen LogP contribution in [0.25, 0.3) is 22.0 Å². The van der Waals surface area contributed by atoms with Crippen molar-refractivity contribution < 1.29 is 4.79 Å². The van der Waals surface area contributed by atoms with Crippen LogP contribution in [0.15, 0.2) is 78.9 Å². The molecule has 0 bridgehead atoms. The minimum atomic E-state index is -0.144. The molecule has 0 fully saturated rings. The van der Waals surface area contributed by atoms with Crippen LogP contribution < -0.4 is 5.32 Å².